The monoisotopic (exact) mass is 380 g/mol. The molecule has 8 heteroatoms. The Hall–Kier alpha value is -2.19. The fraction of sp³-hybridized carbons (Fsp3) is 0.444. The summed E-state index contributed by atoms with van der Waals surface area (Å²) in [4.78, 5) is 23.9. The molecular weight excluding hydrogens is 356 g/mol. The van der Waals surface area contributed by atoms with Crippen LogP contribution in [0, 0.1) is 11.8 Å². The normalized spacial score (nSPS) is 20.3. The van der Waals surface area contributed by atoms with Crippen LogP contribution in [-0.4, -0.2) is 42.8 Å². The maximum absolute atomic E-state index is 12.4. The molecule has 0 saturated carbocycles. The van der Waals surface area contributed by atoms with Gasteiger partial charge in [-0.3, -0.25) is 9.59 Å². The van der Waals surface area contributed by atoms with Crippen molar-refractivity contribution >= 4 is 27.6 Å². The summed E-state index contributed by atoms with van der Waals surface area (Å²) >= 11 is 0. The van der Waals surface area contributed by atoms with E-state index in [4.69, 9.17) is 0 Å². The number of carboxylic acids is 1. The molecule has 0 unspecified atom stereocenters. The van der Waals surface area contributed by atoms with E-state index in [1.54, 1.807) is 26.0 Å². The van der Waals surface area contributed by atoms with Crippen LogP contribution in [0.4, 0.5) is 5.69 Å². The number of sulfonamides is 1. The summed E-state index contributed by atoms with van der Waals surface area (Å²) in [5.41, 5.74) is 0.430. The summed E-state index contributed by atoms with van der Waals surface area (Å²) < 4.78 is 26.1. The lowest BCUT2D eigenvalue weighted by atomic mass is 9.82. The molecule has 0 radical (unpaired) electrons. The smallest absolute Gasteiger partial charge is 0.307 e. The molecule has 1 aromatic carbocycles. The zero-order valence-corrected chi connectivity index (χ0v) is 15.9. The molecule has 1 aliphatic rings. The van der Waals surface area contributed by atoms with Gasteiger partial charge in [-0.05, 0) is 51.0 Å². The molecule has 26 heavy (non-hydrogen) atoms. The minimum atomic E-state index is -3.59. The standard InChI is InChI=1S/C18H24N2O5S/c1-12(2)20(3)26(24,25)14-10-8-13(9-11-14)19-17(21)15-6-4-5-7-16(15)18(22)23/h4-5,8-12,15-16H,6-7H2,1-3H3,(H,19,21)(H,22,23)/t15-,16+/m0/s1. The molecule has 0 aromatic heterocycles. The third kappa shape index (κ3) is 4.31. The minimum Gasteiger partial charge on any atom is -0.481 e. The van der Waals surface area contributed by atoms with Crippen LogP contribution in [0.15, 0.2) is 41.3 Å². The first kappa shape index (κ1) is 20.1. The molecule has 1 amide bonds. The SMILES string of the molecule is CC(C)N(C)S(=O)(=O)c1ccc(NC(=O)[C@H]2CC=CC[C@H]2C(=O)O)cc1. The van der Waals surface area contributed by atoms with Crippen LogP contribution < -0.4 is 5.32 Å². The van der Waals surface area contributed by atoms with Crippen molar-refractivity contribution < 1.29 is 23.1 Å². The Balaban J connectivity index is 2.13. The van der Waals surface area contributed by atoms with Crippen molar-refractivity contribution in [1.82, 2.24) is 4.31 Å². The molecule has 1 aliphatic carbocycles. The fourth-order valence-electron chi connectivity index (χ4n) is 2.77. The van der Waals surface area contributed by atoms with Gasteiger partial charge in [0.05, 0.1) is 16.7 Å². The van der Waals surface area contributed by atoms with E-state index in [2.05, 4.69) is 5.32 Å². The number of carbonyl (C=O) groups excluding carboxylic acids is 1. The Morgan fingerprint density at radius 2 is 1.65 bits per heavy atom. The lowest BCUT2D eigenvalue weighted by Crippen LogP contribution is -2.34. The van der Waals surface area contributed by atoms with E-state index in [0.717, 1.165) is 0 Å². The predicted molar refractivity (Wildman–Crippen MR) is 98.1 cm³/mol. The summed E-state index contributed by atoms with van der Waals surface area (Å²) in [5, 5.41) is 11.9. The molecule has 0 spiro atoms. The number of carboxylic acid groups (broad SMARTS) is 1. The van der Waals surface area contributed by atoms with Crippen molar-refractivity contribution in [2.45, 2.75) is 37.6 Å². The van der Waals surface area contributed by atoms with E-state index >= 15 is 0 Å². The third-order valence-electron chi connectivity index (χ3n) is 4.61. The van der Waals surface area contributed by atoms with Crippen molar-refractivity contribution in [3.8, 4) is 0 Å². The second kappa shape index (κ2) is 8.01. The molecule has 142 valence electrons. The molecule has 7 nitrogen and oxygen atoms in total. The van der Waals surface area contributed by atoms with Crippen molar-refractivity contribution in [3.63, 3.8) is 0 Å². The molecule has 0 aliphatic heterocycles. The first-order valence-corrected chi connectivity index (χ1v) is 9.85. The third-order valence-corrected chi connectivity index (χ3v) is 6.66. The number of allylic oxidation sites excluding steroid dienone is 2. The van der Waals surface area contributed by atoms with Gasteiger partial charge in [-0.2, -0.15) is 4.31 Å². The summed E-state index contributed by atoms with van der Waals surface area (Å²) in [6.45, 7) is 3.56. The van der Waals surface area contributed by atoms with Crippen LogP contribution in [0.5, 0.6) is 0 Å². The summed E-state index contributed by atoms with van der Waals surface area (Å²) in [5.74, 6) is -2.77. The van der Waals surface area contributed by atoms with Crippen molar-refractivity contribution in [3.05, 3.63) is 36.4 Å². The molecule has 1 aromatic rings. The van der Waals surface area contributed by atoms with E-state index in [1.807, 2.05) is 0 Å². The summed E-state index contributed by atoms with van der Waals surface area (Å²) in [7, 11) is -2.08. The highest BCUT2D eigenvalue weighted by molar-refractivity contribution is 7.89. The van der Waals surface area contributed by atoms with Gasteiger partial charge in [-0.25, -0.2) is 8.42 Å². The van der Waals surface area contributed by atoms with E-state index in [9.17, 15) is 23.1 Å². The Kier molecular flexibility index (Phi) is 6.20. The van der Waals surface area contributed by atoms with Crippen LogP contribution >= 0.6 is 0 Å². The number of carbonyl (C=O) groups is 2. The van der Waals surface area contributed by atoms with Gasteiger partial charge in [0.1, 0.15) is 0 Å². The molecule has 0 heterocycles. The fourth-order valence-corrected chi connectivity index (χ4v) is 4.13. The lowest BCUT2D eigenvalue weighted by Gasteiger charge is -2.24. The van der Waals surface area contributed by atoms with Crippen molar-refractivity contribution in [2.75, 3.05) is 12.4 Å². The highest BCUT2D eigenvalue weighted by Gasteiger charge is 2.34. The first-order valence-electron chi connectivity index (χ1n) is 8.41. The molecule has 2 N–H and O–H groups in total. The van der Waals surface area contributed by atoms with Gasteiger partial charge >= 0.3 is 5.97 Å². The molecular formula is C18H24N2O5S. The van der Waals surface area contributed by atoms with Gasteiger partial charge in [0.15, 0.2) is 0 Å². The number of nitrogens with one attached hydrogen (secondary N) is 1. The highest BCUT2D eigenvalue weighted by atomic mass is 32.2. The number of nitrogens with zero attached hydrogens (tertiary/aromatic N) is 1. The number of hydrogen-bond donors (Lipinski definition) is 2. The second-order valence-electron chi connectivity index (χ2n) is 6.62. The molecule has 2 rings (SSSR count). The number of benzene rings is 1. The quantitative estimate of drug-likeness (QED) is 0.737. The highest BCUT2D eigenvalue weighted by Crippen LogP contribution is 2.27. The molecule has 0 saturated heterocycles. The number of anilines is 1. The van der Waals surface area contributed by atoms with Crippen LogP contribution in [0.3, 0.4) is 0 Å². The Labute approximate surface area is 153 Å². The van der Waals surface area contributed by atoms with Gasteiger partial charge < -0.3 is 10.4 Å². The molecule has 0 bridgehead atoms. The topological polar surface area (TPSA) is 104 Å². The predicted octanol–water partition coefficient (Wildman–Crippen LogP) is 2.32. The maximum atomic E-state index is 12.4. The Bertz CT molecular complexity index is 799. The van der Waals surface area contributed by atoms with E-state index < -0.39 is 27.8 Å². The van der Waals surface area contributed by atoms with Crippen LogP contribution in [0.1, 0.15) is 26.7 Å². The lowest BCUT2D eigenvalue weighted by molar-refractivity contribution is -0.146. The summed E-state index contributed by atoms with van der Waals surface area (Å²) in [6.07, 6.45) is 4.27. The second-order valence-corrected chi connectivity index (χ2v) is 8.62. The Morgan fingerprint density at radius 1 is 1.12 bits per heavy atom. The van der Waals surface area contributed by atoms with Gasteiger partial charge in [-0.1, -0.05) is 12.2 Å². The summed E-state index contributed by atoms with van der Waals surface area (Å²) in [6, 6.07) is 5.70. The van der Waals surface area contributed by atoms with E-state index in [0.29, 0.717) is 18.5 Å². The largest absolute Gasteiger partial charge is 0.481 e. The maximum Gasteiger partial charge on any atom is 0.307 e. The van der Waals surface area contributed by atoms with Gasteiger partial charge in [0.2, 0.25) is 15.9 Å². The first-order chi connectivity index (χ1) is 12.1. The average molecular weight is 380 g/mol. The van der Waals surface area contributed by atoms with Crippen LogP contribution in [0.25, 0.3) is 0 Å². The molecule has 2 atom stereocenters. The number of rotatable bonds is 6. The van der Waals surface area contributed by atoms with Gasteiger partial charge in [0, 0.05) is 18.8 Å². The minimum absolute atomic E-state index is 0.135. The number of aliphatic carboxylic acids is 1. The molecule has 0 fully saturated rings. The number of hydrogen-bond acceptors (Lipinski definition) is 4. The van der Waals surface area contributed by atoms with Gasteiger partial charge in [0.25, 0.3) is 0 Å². The average Bonchev–Trinajstić information content (AvgIpc) is 2.61. The number of amides is 1. The zero-order chi connectivity index (χ0) is 19.5. The van der Waals surface area contributed by atoms with E-state index in [-0.39, 0.29) is 16.8 Å². The van der Waals surface area contributed by atoms with Gasteiger partial charge in [-0.15, -0.1) is 0 Å². The van der Waals surface area contributed by atoms with Crippen LogP contribution in [-0.2, 0) is 19.6 Å². The van der Waals surface area contributed by atoms with Crippen molar-refractivity contribution in [2.24, 2.45) is 11.8 Å². The van der Waals surface area contributed by atoms with Crippen molar-refractivity contribution in [1.29, 1.82) is 0 Å². The van der Waals surface area contributed by atoms with Crippen LogP contribution in [0.2, 0.25) is 0 Å². The Morgan fingerprint density at radius 3 is 2.15 bits per heavy atom. The van der Waals surface area contributed by atoms with E-state index in [1.165, 1.54) is 35.6 Å². The zero-order valence-electron chi connectivity index (χ0n) is 15.0.